The third-order valence-electron chi connectivity index (χ3n) is 3.87. The van der Waals surface area contributed by atoms with Crippen LogP contribution in [-0.4, -0.2) is 26.1 Å². The number of tetrazole rings is 1. The van der Waals surface area contributed by atoms with Crippen LogP contribution in [0.5, 0.6) is 0 Å². The van der Waals surface area contributed by atoms with E-state index in [9.17, 15) is 9.18 Å². The van der Waals surface area contributed by atoms with Gasteiger partial charge in [0.25, 0.3) is 5.91 Å². The number of rotatable bonds is 5. The number of carbonyl (C=O) groups is 1. The summed E-state index contributed by atoms with van der Waals surface area (Å²) in [6.07, 6.45) is 3.00. The van der Waals surface area contributed by atoms with Gasteiger partial charge in [-0.05, 0) is 40.8 Å². The number of benzene rings is 2. The summed E-state index contributed by atoms with van der Waals surface area (Å²) in [4.78, 5) is 13.0. The summed E-state index contributed by atoms with van der Waals surface area (Å²) in [6.45, 7) is 0. The number of carbonyl (C=O) groups excluding carboxylic acids is 1. The minimum atomic E-state index is -0.522. The summed E-state index contributed by atoms with van der Waals surface area (Å²) in [7, 11) is 0. The number of anilines is 1. The molecule has 28 heavy (non-hydrogen) atoms. The molecule has 0 atom stereocenters. The van der Waals surface area contributed by atoms with Crippen molar-refractivity contribution in [3.8, 4) is 11.4 Å². The zero-order valence-corrected chi connectivity index (χ0v) is 14.5. The van der Waals surface area contributed by atoms with E-state index in [4.69, 9.17) is 4.42 Å². The summed E-state index contributed by atoms with van der Waals surface area (Å²) in [6, 6.07) is 18.2. The maximum Gasteiger partial charge on any atom is 0.274 e. The number of nitrogens with one attached hydrogen (secondary N) is 1. The predicted molar refractivity (Wildman–Crippen MR) is 101 cm³/mol. The Labute approximate surface area is 159 Å². The number of hydrogen-bond acceptors (Lipinski definition) is 5. The van der Waals surface area contributed by atoms with Crippen molar-refractivity contribution in [2.75, 3.05) is 5.32 Å². The minimum absolute atomic E-state index is 0.114. The van der Waals surface area contributed by atoms with Gasteiger partial charge in [0, 0.05) is 17.3 Å². The second-order valence-corrected chi connectivity index (χ2v) is 5.79. The van der Waals surface area contributed by atoms with E-state index in [0.29, 0.717) is 17.3 Å². The molecule has 0 spiro atoms. The van der Waals surface area contributed by atoms with Gasteiger partial charge in [-0.15, -0.1) is 5.10 Å². The molecule has 0 aliphatic rings. The van der Waals surface area contributed by atoms with Crippen molar-refractivity contribution >= 4 is 23.4 Å². The van der Waals surface area contributed by atoms with E-state index in [2.05, 4.69) is 20.8 Å². The van der Waals surface area contributed by atoms with Crippen LogP contribution in [0.1, 0.15) is 5.76 Å². The fourth-order valence-corrected chi connectivity index (χ4v) is 2.61. The second kappa shape index (κ2) is 7.67. The van der Waals surface area contributed by atoms with Gasteiger partial charge in [-0.2, -0.15) is 4.68 Å². The van der Waals surface area contributed by atoms with Crippen LogP contribution in [0, 0.1) is 5.82 Å². The number of halogens is 1. The van der Waals surface area contributed by atoms with Crippen LogP contribution in [0.15, 0.2) is 77.4 Å². The molecule has 0 bridgehead atoms. The molecule has 2 aromatic heterocycles. The highest BCUT2D eigenvalue weighted by atomic mass is 19.1. The number of nitrogens with zero attached hydrogens (tertiary/aromatic N) is 4. The highest BCUT2D eigenvalue weighted by molar-refractivity contribution is 6.24. The average molecular weight is 375 g/mol. The molecule has 4 aromatic rings. The van der Waals surface area contributed by atoms with E-state index >= 15 is 0 Å². The molecule has 4 rings (SSSR count). The smallest absolute Gasteiger partial charge is 0.274 e. The fourth-order valence-electron chi connectivity index (χ4n) is 2.61. The van der Waals surface area contributed by atoms with E-state index in [0.717, 1.165) is 5.56 Å². The molecule has 0 unspecified atom stereocenters. The molecule has 0 aliphatic carbocycles. The van der Waals surface area contributed by atoms with Crippen LogP contribution in [0.3, 0.4) is 0 Å². The predicted octanol–water partition coefficient (Wildman–Crippen LogP) is 3.71. The lowest BCUT2D eigenvalue weighted by Gasteiger charge is -2.10. The first-order chi connectivity index (χ1) is 13.7. The first kappa shape index (κ1) is 17.3. The number of amides is 1. The summed E-state index contributed by atoms with van der Waals surface area (Å²) >= 11 is 0. The molecule has 1 N–H and O–H groups in total. The number of furan rings is 1. The van der Waals surface area contributed by atoms with Crippen molar-refractivity contribution in [3.63, 3.8) is 0 Å². The van der Waals surface area contributed by atoms with Gasteiger partial charge in [0.2, 0.25) is 0 Å². The molecule has 0 saturated carbocycles. The first-order valence-electron chi connectivity index (χ1n) is 8.37. The second-order valence-electron chi connectivity index (χ2n) is 5.79. The van der Waals surface area contributed by atoms with E-state index in [1.54, 1.807) is 18.2 Å². The Morgan fingerprint density at radius 1 is 1.07 bits per heavy atom. The third-order valence-corrected chi connectivity index (χ3v) is 3.87. The van der Waals surface area contributed by atoms with Crippen molar-refractivity contribution in [2.45, 2.75) is 0 Å². The van der Waals surface area contributed by atoms with Crippen molar-refractivity contribution in [3.05, 3.63) is 84.6 Å². The average Bonchev–Trinajstić information content (AvgIpc) is 3.38. The number of aromatic nitrogens is 4. The van der Waals surface area contributed by atoms with E-state index in [-0.39, 0.29) is 5.70 Å². The van der Waals surface area contributed by atoms with Crippen molar-refractivity contribution in [2.24, 2.45) is 0 Å². The van der Waals surface area contributed by atoms with Gasteiger partial charge in [-0.25, -0.2) is 4.39 Å². The standard InChI is InChI=1S/C20H14FN5O2/c21-15-8-4-9-16(12-15)22-20(27)18(13-17-10-5-11-28-17)26-19(23-24-25-26)14-6-2-1-3-7-14/h1-13H,(H,22,27)/b18-13-. The van der Waals surface area contributed by atoms with Crippen LogP contribution in [0.25, 0.3) is 23.2 Å². The Kier molecular flexibility index (Phi) is 4.75. The van der Waals surface area contributed by atoms with Gasteiger partial charge in [0.15, 0.2) is 5.82 Å². The van der Waals surface area contributed by atoms with Gasteiger partial charge >= 0.3 is 0 Å². The molecule has 138 valence electrons. The molecule has 0 saturated heterocycles. The largest absolute Gasteiger partial charge is 0.465 e. The molecule has 2 heterocycles. The normalized spacial score (nSPS) is 11.4. The Morgan fingerprint density at radius 3 is 2.68 bits per heavy atom. The summed E-state index contributed by atoms with van der Waals surface area (Å²) < 4.78 is 20.1. The van der Waals surface area contributed by atoms with Crippen LogP contribution >= 0.6 is 0 Å². The molecule has 1 amide bonds. The Hall–Kier alpha value is -4.07. The third kappa shape index (κ3) is 3.70. The Morgan fingerprint density at radius 2 is 1.93 bits per heavy atom. The lowest BCUT2D eigenvalue weighted by Crippen LogP contribution is -2.19. The van der Waals surface area contributed by atoms with Gasteiger partial charge in [0.1, 0.15) is 17.3 Å². The highest BCUT2D eigenvalue weighted by Gasteiger charge is 2.20. The molecule has 0 fully saturated rings. The lowest BCUT2D eigenvalue weighted by atomic mass is 10.2. The lowest BCUT2D eigenvalue weighted by molar-refractivity contribution is -0.111. The van der Waals surface area contributed by atoms with E-state index in [1.165, 1.54) is 35.2 Å². The van der Waals surface area contributed by atoms with Crippen LogP contribution in [-0.2, 0) is 4.79 Å². The molecule has 0 radical (unpaired) electrons. The van der Waals surface area contributed by atoms with Crippen molar-refractivity contribution in [1.29, 1.82) is 0 Å². The summed E-state index contributed by atoms with van der Waals surface area (Å²) in [5.41, 5.74) is 1.16. The monoisotopic (exact) mass is 375 g/mol. The molecule has 8 heteroatoms. The van der Waals surface area contributed by atoms with Gasteiger partial charge in [-0.1, -0.05) is 36.4 Å². The minimum Gasteiger partial charge on any atom is -0.465 e. The van der Waals surface area contributed by atoms with Gasteiger partial charge in [-0.3, -0.25) is 4.79 Å². The quantitative estimate of drug-likeness (QED) is 0.538. The van der Waals surface area contributed by atoms with Crippen molar-refractivity contribution < 1.29 is 13.6 Å². The van der Waals surface area contributed by atoms with Gasteiger partial charge < -0.3 is 9.73 Å². The Balaban J connectivity index is 1.76. The molecule has 2 aromatic carbocycles. The van der Waals surface area contributed by atoms with Crippen molar-refractivity contribution in [1.82, 2.24) is 20.2 Å². The van der Waals surface area contributed by atoms with Crippen LogP contribution < -0.4 is 5.32 Å². The number of hydrogen-bond donors (Lipinski definition) is 1. The highest BCUT2D eigenvalue weighted by Crippen LogP contribution is 2.22. The van der Waals surface area contributed by atoms with E-state index in [1.807, 2.05) is 30.3 Å². The van der Waals surface area contributed by atoms with E-state index < -0.39 is 11.7 Å². The summed E-state index contributed by atoms with van der Waals surface area (Å²) in [5.74, 6) is -0.153. The van der Waals surface area contributed by atoms with Crippen LogP contribution in [0.2, 0.25) is 0 Å². The molecular weight excluding hydrogens is 361 g/mol. The first-order valence-corrected chi connectivity index (χ1v) is 8.37. The zero-order chi connectivity index (χ0) is 19.3. The van der Waals surface area contributed by atoms with Gasteiger partial charge in [0.05, 0.1) is 6.26 Å². The molecular formula is C20H14FN5O2. The Bertz CT molecular complexity index is 1120. The van der Waals surface area contributed by atoms with Crippen LogP contribution in [0.4, 0.5) is 10.1 Å². The topological polar surface area (TPSA) is 85.8 Å². The zero-order valence-electron chi connectivity index (χ0n) is 14.5. The summed E-state index contributed by atoms with van der Waals surface area (Å²) in [5, 5.41) is 14.4. The fraction of sp³-hybridized carbons (Fsp3) is 0. The maximum atomic E-state index is 13.5. The molecule has 7 nitrogen and oxygen atoms in total. The maximum absolute atomic E-state index is 13.5. The molecule has 0 aliphatic heterocycles. The SMILES string of the molecule is O=C(Nc1cccc(F)c1)/C(=C/c1ccco1)n1nnnc1-c1ccccc1.